The second-order valence-corrected chi connectivity index (χ2v) is 5.21. The van der Waals surface area contributed by atoms with Crippen molar-refractivity contribution in [3.8, 4) is 0 Å². The van der Waals surface area contributed by atoms with Crippen LogP contribution < -0.4 is 5.73 Å². The van der Waals surface area contributed by atoms with Crippen LogP contribution in [0, 0.1) is 11.6 Å². The highest BCUT2D eigenvalue weighted by Crippen LogP contribution is 2.42. The Hall–Kier alpha value is -0.480. The van der Waals surface area contributed by atoms with Gasteiger partial charge in [0, 0.05) is 12.0 Å². The van der Waals surface area contributed by atoms with Gasteiger partial charge in [0.2, 0.25) is 0 Å². The average Bonchev–Trinajstić information content (AvgIpc) is 2.76. The van der Waals surface area contributed by atoms with Crippen LogP contribution >= 0.6 is 15.9 Å². The molecular weight excluding hydrogens is 276 g/mol. The molecular formula is C12H14BrF2N. The highest BCUT2D eigenvalue weighted by molar-refractivity contribution is 9.10. The molecule has 0 spiro atoms. The summed E-state index contributed by atoms with van der Waals surface area (Å²) in [7, 11) is 0. The van der Waals surface area contributed by atoms with Gasteiger partial charge in [0.1, 0.15) is 11.6 Å². The zero-order chi connectivity index (χ0) is 11.8. The predicted molar refractivity (Wildman–Crippen MR) is 63.3 cm³/mol. The Morgan fingerprint density at radius 2 is 1.88 bits per heavy atom. The van der Waals surface area contributed by atoms with Gasteiger partial charge in [-0.05, 0) is 40.4 Å². The normalized spacial score (nSPS) is 19.0. The maximum absolute atomic E-state index is 14.0. The fraction of sp³-hybridized carbons (Fsp3) is 0.500. The molecule has 0 bridgehead atoms. The molecule has 0 saturated heterocycles. The van der Waals surface area contributed by atoms with E-state index in [1.165, 1.54) is 12.1 Å². The van der Waals surface area contributed by atoms with Gasteiger partial charge in [0.15, 0.2) is 0 Å². The molecule has 1 nitrogen and oxygen atoms in total. The number of rotatable bonds is 2. The summed E-state index contributed by atoms with van der Waals surface area (Å²) < 4.78 is 27.1. The molecule has 1 aliphatic rings. The van der Waals surface area contributed by atoms with Crippen molar-refractivity contribution < 1.29 is 8.78 Å². The SMILES string of the molecule is NCC1(c2ccc(F)c(Br)c2F)CCCC1. The van der Waals surface area contributed by atoms with E-state index in [9.17, 15) is 8.78 Å². The summed E-state index contributed by atoms with van der Waals surface area (Å²) in [6, 6.07) is 2.84. The molecule has 1 fully saturated rings. The molecule has 2 N–H and O–H groups in total. The van der Waals surface area contributed by atoms with Crippen LogP contribution in [0.5, 0.6) is 0 Å². The summed E-state index contributed by atoms with van der Waals surface area (Å²) in [6.45, 7) is 0.419. The summed E-state index contributed by atoms with van der Waals surface area (Å²) in [5.41, 5.74) is 6.05. The molecule has 88 valence electrons. The lowest BCUT2D eigenvalue weighted by atomic mass is 9.79. The molecule has 0 heterocycles. The second kappa shape index (κ2) is 4.41. The van der Waals surface area contributed by atoms with Crippen LogP contribution in [0.1, 0.15) is 31.2 Å². The van der Waals surface area contributed by atoms with Gasteiger partial charge in [-0.3, -0.25) is 0 Å². The highest BCUT2D eigenvalue weighted by Gasteiger charge is 2.37. The van der Waals surface area contributed by atoms with Crippen molar-refractivity contribution in [3.05, 3.63) is 33.8 Å². The lowest BCUT2D eigenvalue weighted by Crippen LogP contribution is -2.33. The lowest BCUT2D eigenvalue weighted by molar-refractivity contribution is 0.422. The molecule has 0 aromatic heterocycles. The summed E-state index contributed by atoms with van der Waals surface area (Å²) in [5, 5.41) is 0. The number of nitrogens with two attached hydrogens (primary N) is 1. The minimum Gasteiger partial charge on any atom is -0.330 e. The predicted octanol–water partition coefficient (Wildman–Crippen LogP) is 3.50. The average molecular weight is 290 g/mol. The van der Waals surface area contributed by atoms with E-state index < -0.39 is 11.6 Å². The van der Waals surface area contributed by atoms with Crippen LogP contribution in [0.2, 0.25) is 0 Å². The van der Waals surface area contributed by atoms with Gasteiger partial charge in [-0.2, -0.15) is 0 Å². The molecule has 1 aromatic carbocycles. The number of hydrogen-bond donors (Lipinski definition) is 1. The molecule has 0 radical (unpaired) electrons. The van der Waals surface area contributed by atoms with E-state index in [1.807, 2.05) is 0 Å². The molecule has 1 aliphatic carbocycles. The molecule has 0 unspecified atom stereocenters. The molecule has 0 aliphatic heterocycles. The van der Waals surface area contributed by atoms with Crippen LogP contribution in [-0.4, -0.2) is 6.54 Å². The van der Waals surface area contributed by atoms with Gasteiger partial charge in [0.05, 0.1) is 4.47 Å². The van der Waals surface area contributed by atoms with Gasteiger partial charge < -0.3 is 5.73 Å². The minimum absolute atomic E-state index is 0.0790. The van der Waals surface area contributed by atoms with E-state index in [0.717, 1.165) is 25.7 Å². The number of hydrogen-bond acceptors (Lipinski definition) is 1. The van der Waals surface area contributed by atoms with Gasteiger partial charge in [-0.25, -0.2) is 8.78 Å². The summed E-state index contributed by atoms with van der Waals surface area (Å²) in [5.74, 6) is -1.06. The molecule has 2 rings (SSSR count). The molecule has 16 heavy (non-hydrogen) atoms. The monoisotopic (exact) mass is 289 g/mol. The zero-order valence-electron chi connectivity index (χ0n) is 8.90. The van der Waals surface area contributed by atoms with Crippen molar-refractivity contribution in [2.45, 2.75) is 31.1 Å². The van der Waals surface area contributed by atoms with Gasteiger partial charge in [0.25, 0.3) is 0 Å². The van der Waals surface area contributed by atoms with Crippen LogP contribution in [0.15, 0.2) is 16.6 Å². The molecule has 1 aromatic rings. The van der Waals surface area contributed by atoms with E-state index in [-0.39, 0.29) is 9.89 Å². The first-order valence-electron chi connectivity index (χ1n) is 5.45. The Kier molecular flexibility index (Phi) is 3.31. The van der Waals surface area contributed by atoms with E-state index in [2.05, 4.69) is 15.9 Å². The molecule has 0 amide bonds. The third-order valence-corrected chi connectivity index (χ3v) is 4.28. The summed E-state index contributed by atoms with van der Waals surface area (Å²) in [4.78, 5) is 0. The maximum Gasteiger partial charge on any atom is 0.144 e. The van der Waals surface area contributed by atoms with Crippen molar-refractivity contribution in [3.63, 3.8) is 0 Å². The summed E-state index contributed by atoms with van der Waals surface area (Å²) in [6.07, 6.45) is 3.90. The largest absolute Gasteiger partial charge is 0.330 e. The smallest absolute Gasteiger partial charge is 0.144 e. The van der Waals surface area contributed by atoms with E-state index in [1.54, 1.807) is 0 Å². The zero-order valence-corrected chi connectivity index (χ0v) is 10.5. The highest BCUT2D eigenvalue weighted by atomic mass is 79.9. The quantitative estimate of drug-likeness (QED) is 0.829. The van der Waals surface area contributed by atoms with E-state index in [4.69, 9.17) is 5.73 Å². The van der Waals surface area contributed by atoms with Gasteiger partial charge >= 0.3 is 0 Å². The van der Waals surface area contributed by atoms with Gasteiger partial charge in [-0.1, -0.05) is 18.9 Å². The van der Waals surface area contributed by atoms with Gasteiger partial charge in [-0.15, -0.1) is 0 Å². The fourth-order valence-corrected chi connectivity index (χ4v) is 2.92. The Bertz CT molecular complexity index is 400. The number of halogens is 3. The number of benzene rings is 1. The first-order chi connectivity index (χ1) is 7.60. The lowest BCUT2D eigenvalue weighted by Gasteiger charge is -2.28. The molecule has 1 saturated carbocycles. The van der Waals surface area contributed by atoms with E-state index in [0.29, 0.717) is 12.1 Å². The Morgan fingerprint density at radius 3 is 2.44 bits per heavy atom. The molecule has 0 atom stereocenters. The van der Waals surface area contributed by atoms with Crippen molar-refractivity contribution in [2.24, 2.45) is 5.73 Å². The molecule has 4 heteroatoms. The van der Waals surface area contributed by atoms with Crippen molar-refractivity contribution in [1.29, 1.82) is 0 Å². The van der Waals surface area contributed by atoms with Crippen molar-refractivity contribution in [1.82, 2.24) is 0 Å². The van der Waals surface area contributed by atoms with E-state index >= 15 is 0 Å². The first-order valence-corrected chi connectivity index (χ1v) is 6.24. The third kappa shape index (κ3) is 1.78. The fourth-order valence-electron chi connectivity index (χ4n) is 2.57. The third-order valence-electron chi connectivity index (χ3n) is 3.56. The van der Waals surface area contributed by atoms with Crippen molar-refractivity contribution in [2.75, 3.05) is 6.54 Å². The Balaban J connectivity index is 2.51. The Labute approximate surface area is 102 Å². The Morgan fingerprint density at radius 1 is 1.25 bits per heavy atom. The van der Waals surface area contributed by atoms with Crippen molar-refractivity contribution >= 4 is 15.9 Å². The standard InChI is InChI=1S/C12H14BrF2N/c13-10-9(14)4-3-8(11(10)15)12(7-16)5-1-2-6-12/h3-4H,1-2,5-7,16H2. The second-order valence-electron chi connectivity index (χ2n) is 4.41. The topological polar surface area (TPSA) is 26.0 Å². The minimum atomic E-state index is -0.564. The summed E-state index contributed by atoms with van der Waals surface area (Å²) >= 11 is 2.94. The first kappa shape index (κ1) is 12.0. The van der Waals surface area contributed by atoms with Crippen LogP contribution in [0.4, 0.5) is 8.78 Å². The maximum atomic E-state index is 14.0. The van der Waals surface area contributed by atoms with Crippen LogP contribution in [0.3, 0.4) is 0 Å². The van der Waals surface area contributed by atoms with Crippen LogP contribution in [-0.2, 0) is 5.41 Å². The van der Waals surface area contributed by atoms with Crippen LogP contribution in [0.25, 0.3) is 0 Å².